The van der Waals surface area contributed by atoms with Gasteiger partial charge in [0.25, 0.3) is 0 Å². The number of fused-ring (bicyclic) bond motifs is 1. The molecule has 2 aliphatic heterocycles. The number of aromatic nitrogens is 2. The third kappa shape index (κ3) is 2.09. The molecule has 1 aromatic heterocycles. The van der Waals surface area contributed by atoms with Gasteiger partial charge < -0.3 is 14.4 Å². The standard InChI is InChI=1S/C15H21N3O2/c1-2-4-13-12(3-1)14(17-11-16-13)18-7-5-15(6-8-18)19-9-10-20-15/h11H,1-10H2. The smallest absolute Gasteiger partial charge is 0.171 e. The van der Waals surface area contributed by atoms with Gasteiger partial charge >= 0.3 is 0 Å². The summed E-state index contributed by atoms with van der Waals surface area (Å²) in [5.74, 6) is 0.853. The van der Waals surface area contributed by atoms with Gasteiger partial charge in [-0.1, -0.05) is 0 Å². The van der Waals surface area contributed by atoms with Gasteiger partial charge in [0.1, 0.15) is 12.1 Å². The lowest BCUT2D eigenvalue weighted by atomic mass is 9.95. The van der Waals surface area contributed by atoms with Crippen molar-refractivity contribution >= 4 is 5.82 Å². The van der Waals surface area contributed by atoms with Gasteiger partial charge in [-0.05, 0) is 25.7 Å². The molecule has 2 saturated heterocycles. The summed E-state index contributed by atoms with van der Waals surface area (Å²) < 4.78 is 11.6. The number of anilines is 1. The molecule has 0 radical (unpaired) electrons. The van der Waals surface area contributed by atoms with E-state index in [0.29, 0.717) is 0 Å². The molecule has 0 amide bonds. The summed E-state index contributed by atoms with van der Waals surface area (Å²) >= 11 is 0. The second kappa shape index (κ2) is 4.97. The number of hydrogen-bond acceptors (Lipinski definition) is 5. The van der Waals surface area contributed by atoms with Gasteiger partial charge in [-0.3, -0.25) is 0 Å². The molecule has 0 aromatic carbocycles. The Labute approximate surface area is 119 Å². The van der Waals surface area contributed by atoms with Crippen molar-refractivity contribution in [2.24, 2.45) is 0 Å². The van der Waals surface area contributed by atoms with Crippen LogP contribution in [0.15, 0.2) is 6.33 Å². The Morgan fingerprint density at radius 2 is 1.75 bits per heavy atom. The summed E-state index contributed by atoms with van der Waals surface area (Å²) in [5.41, 5.74) is 2.64. The zero-order valence-electron chi connectivity index (χ0n) is 11.8. The number of piperidine rings is 1. The van der Waals surface area contributed by atoms with Crippen LogP contribution in [0.4, 0.5) is 5.82 Å². The number of aryl methyl sites for hydroxylation is 1. The summed E-state index contributed by atoms with van der Waals surface area (Å²) in [6.07, 6.45) is 8.35. The predicted molar refractivity (Wildman–Crippen MR) is 74.8 cm³/mol. The van der Waals surface area contributed by atoms with Crippen LogP contribution in [-0.4, -0.2) is 42.1 Å². The van der Waals surface area contributed by atoms with Crippen LogP contribution in [0.5, 0.6) is 0 Å². The minimum absolute atomic E-state index is 0.302. The number of rotatable bonds is 1. The van der Waals surface area contributed by atoms with Crippen molar-refractivity contribution in [1.82, 2.24) is 9.97 Å². The molecule has 0 atom stereocenters. The average Bonchev–Trinajstić information content (AvgIpc) is 2.96. The highest BCUT2D eigenvalue weighted by molar-refractivity contribution is 5.50. The van der Waals surface area contributed by atoms with E-state index in [1.54, 1.807) is 6.33 Å². The molecule has 5 nitrogen and oxygen atoms in total. The first kappa shape index (κ1) is 12.5. The molecular weight excluding hydrogens is 254 g/mol. The molecule has 1 aliphatic carbocycles. The van der Waals surface area contributed by atoms with Crippen molar-refractivity contribution in [2.75, 3.05) is 31.2 Å². The molecule has 1 aromatic rings. The fraction of sp³-hybridized carbons (Fsp3) is 0.733. The van der Waals surface area contributed by atoms with Crippen molar-refractivity contribution in [3.63, 3.8) is 0 Å². The maximum absolute atomic E-state index is 5.80. The van der Waals surface area contributed by atoms with Gasteiger partial charge in [-0.2, -0.15) is 0 Å². The molecule has 20 heavy (non-hydrogen) atoms. The number of hydrogen-bond donors (Lipinski definition) is 0. The topological polar surface area (TPSA) is 47.5 Å². The highest BCUT2D eigenvalue weighted by atomic mass is 16.7. The molecule has 3 aliphatic rings. The highest BCUT2D eigenvalue weighted by Gasteiger charge is 2.40. The zero-order valence-corrected chi connectivity index (χ0v) is 11.8. The Balaban J connectivity index is 1.54. The van der Waals surface area contributed by atoms with E-state index in [0.717, 1.165) is 57.8 Å². The fourth-order valence-electron chi connectivity index (χ4n) is 3.62. The molecule has 2 fully saturated rings. The lowest BCUT2D eigenvalue weighted by Crippen LogP contribution is -2.45. The molecule has 108 valence electrons. The molecule has 0 saturated carbocycles. The van der Waals surface area contributed by atoms with Gasteiger partial charge in [0.2, 0.25) is 0 Å². The predicted octanol–water partition coefficient (Wildman–Crippen LogP) is 1.70. The van der Waals surface area contributed by atoms with Gasteiger partial charge in [-0.25, -0.2) is 9.97 Å². The van der Waals surface area contributed by atoms with Crippen LogP contribution < -0.4 is 4.90 Å². The molecular formula is C15H21N3O2. The summed E-state index contributed by atoms with van der Waals surface area (Å²) in [6, 6.07) is 0. The normalized spacial score (nSPS) is 24.9. The Morgan fingerprint density at radius 1 is 1.00 bits per heavy atom. The largest absolute Gasteiger partial charge is 0.356 e. The monoisotopic (exact) mass is 275 g/mol. The summed E-state index contributed by atoms with van der Waals surface area (Å²) in [6.45, 7) is 3.40. The Bertz CT molecular complexity index is 490. The molecule has 0 unspecified atom stereocenters. The minimum atomic E-state index is -0.302. The summed E-state index contributed by atoms with van der Waals surface area (Å²) in [7, 11) is 0. The van der Waals surface area contributed by atoms with Crippen LogP contribution in [0.3, 0.4) is 0 Å². The SMILES string of the molecule is c1nc2c(c(N3CCC4(CC3)OCCO4)n1)CCCC2. The summed E-state index contributed by atoms with van der Waals surface area (Å²) in [4.78, 5) is 11.4. The second-order valence-corrected chi connectivity index (χ2v) is 5.92. The van der Waals surface area contributed by atoms with Gasteiger partial charge in [-0.15, -0.1) is 0 Å². The van der Waals surface area contributed by atoms with Crippen LogP contribution in [-0.2, 0) is 22.3 Å². The van der Waals surface area contributed by atoms with Crippen LogP contribution >= 0.6 is 0 Å². The van der Waals surface area contributed by atoms with E-state index in [4.69, 9.17) is 9.47 Å². The third-order valence-electron chi connectivity index (χ3n) is 4.74. The number of nitrogens with zero attached hydrogens (tertiary/aromatic N) is 3. The van der Waals surface area contributed by atoms with Crippen LogP contribution in [0.1, 0.15) is 36.9 Å². The van der Waals surface area contributed by atoms with Crippen molar-refractivity contribution in [1.29, 1.82) is 0 Å². The van der Waals surface area contributed by atoms with E-state index in [2.05, 4.69) is 14.9 Å². The lowest BCUT2D eigenvalue weighted by molar-refractivity contribution is -0.169. The molecule has 5 heteroatoms. The van der Waals surface area contributed by atoms with Crippen molar-refractivity contribution in [2.45, 2.75) is 44.3 Å². The minimum Gasteiger partial charge on any atom is -0.356 e. The van der Waals surface area contributed by atoms with Gasteiger partial charge in [0.05, 0.1) is 13.2 Å². The van der Waals surface area contributed by atoms with Crippen LogP contribution in [0.2, 0.25) is 0 Å². The van der Waals surface area contributed by atoms with E-state index in [9.17, 15) is 0 Å². The zero-order chi connectivity index (χ0) is 13.4. The first-order valence-electron chi connectivity index (χ1n) is 7.72. The first-order chi connectivity index (χ1) is 9.86. The number of ether oxygens (including phenoxy) is 2. The first-order valence-corrected chi connectivity index (χ1v) is 7.72. The van der Waals surface area contributed by atoms with Crippen LogP contribution in [0.25, 0.3) is 0 Å². The van der Waals surface area contributed by atoms with E-state index >= 15 is 0 Å². The molecule has 0 N–H and O–H groups in total. The van der Waals surface area contributed by atoms with Crippen molar-refractivity contribution in [3.05, 3.63) is 17.6 Å². The van der Waals surface area contributed by atoms with Gasteiger partial charge in [0.15, 0.2) is 5.79 Å². The van der Waals surface area contributed by atoms with Crippen molar-refractivity contribution < 1.29 is 9.47 Å². The Hall–Kier alpha value is -1.20. The van der Waals surface area contributed by atoms with E-state index < -0.39 is 0 Å². The van der Waals surface area contributed by atoms with Crippen LogP contribution in [0, 0.1) is 0 Å². The average molecular weight is 275 g/mol. The van der Waals surface area contributed by atoms with Crippen molar-refractivity contribution in [3.8, 4) is 0 Å². The Morgan fingerprint density at radius 3 is 2.55 bits per heavy atom. The second-order valence-electron chi connectivity index (χ2n) is 5.92. The maximum atomic E-state index is 5.80. The molecule has 0 bridgehead atoms. The van der Waals surface area contributed by atoms with E-state index in [-0.39, 0.29) is 5.79 Å². The quantitative estimate of drug-likeness (QED) is 0.780. The lowest BCUT2D eigenvalue weighted by Gasteiger charge is -2.39. The van der Waals surface area contributed by atoms with E-state index in [1.807, 2.05) is 0 Å². The third-order valence-corrected chi connectivity index (χ3v) is 4.74. The molecule has 3 heterocycles. The fourth-order valence-corrected chi connectivity index (χ4v) is 3.62. The van der Waals surface area contributed by atoms with Gasteiger partial charge in [0, 0.05) is 37.2 Å². The Kier molecular flexibility index (Phi) is 3.11. The molecule has 1 spiro atoms. The van der Waals surface area contributed by atoms with E-state index in [1.165, 1.54) is 24.1 Å². The molecule has 4 rings (SSSR count). The summed E-state index contributed by atoms with van der Waals surface area (Å²) in [5, 5.41) is 0. The highest BCUT2D eigenvalue weighted by Crippen LogP contribution is 2.35. The maximum Gasteiger partial charge on any atom is 0.171 e.